The molecule has 3 heterocycles. The zero-order chi connectivity index (χ0) is 22.9. The number of carbonyl (C=O) groups excluding carboxylic acids is 1. The van der Waals surface area contributed by atoms with E-state index in [0.717, 1.165) is 26.1 Å². The number of ether oxygens (including phenoxy) is 1. The van der Waals surface area contributed by atoms with Crippen molar-refractivity contribution in [2.45, 2.75) is 6.92 Å². The maximum absolute atomic E-state index is 12.5. The second-order valence-electron chi connectivity index (χ2n) is 7.09. The van der Waals surface area contributed by atoms with Crippen LogP contribution >= 0.6 is 38.6 Å². The van der Waals surface area contributed by atoms with Crippen molar-refractivity contribution in [2.75, 3.05) is 17.7 Å². The van der Waals surface area contributed by atoms with Crippen LogP contribution in [0.1, 0.15) is 16.6 Å². The maximum Gasteiger partial charge on any atom is 0.350 e. The number of halogens is 1. The molecule has 0 amide bonds. The van der Waals surface area contributed by atoms with E-state index in [1.165, 1.54) is 22.7 Å². The molecule has 166 valence electrons. The molecule has 6 nitrogen and oxygen atoms in total. The molecule has 3 aromatic heterocycles. The highest BCUT2D eigenvalue weighted by Crippen LogP contribution is 2.46. The number of nitrogens with two attached hydrogens (primary N) is 1. The van der Waals surface area contributed by atoms with Gasteiger partial charge in [0.1, 0.15) is 26.2 Å². The summed E-state index contributed by atoms with van der Waals surface area (Å²) < 4.78 is 12.2. The first-order chi connectivity index (χ1) is 16.0. The molecular formula is C24H18BrN3O3S2. The quantitative estimate of drug-likeness (QED) is 0.216. The molecule has 0 spiro atoms. The number of carbonyl (C=O) groups is 1. The summed E-state index contributed by atoms with van der Waals surface area (Å²) in [5.74, 6) is 0.226. The number of aromatic nitrogens is 1. The summed E-state index contributed by atoms with van der Waals surface area (Å²) in [6, 6.07) is 17.5. The van der Waals surface area contributed by atoms with Gasteiger partial charge in [0, 0.05) is 20.9 Å². The van der Waals surface area contributed by atoms with Gasteiger partial charge in [-0.05, 0) is 43.3 Å². The van der Waals surface area contributed by atoms with E-state index in [-0.39, 0.29) is 6.61 Å². The van der Waals surface area contributed by atoms with Gasteiger partial charge in [0.05, 0.1) is 17.9 Å². The Hall–Kier alpha value is -3.14. The minimum absolute atomic E-state index is 0.274. The molecule has 0 radical (unpaired) electrons. The van der Waals surface area contributed by atoms with E-state index in [9.17, 15) is 4.79 Å². The second kappa shape index (κ2) is 9.01. The lowest BCUT2D eigenvalue weighted by Crippen LogP contribution is -2.05. The summed E-state index contributed by atoms with van der Waals surface area (Å²) in [5, 5.41) is 7.71. The molecule has 33 heavy (non-hydrogen) atoms. The van der Waals surface area contributed by atoms with Gasteiger partial charge in [0.15, 0.2) is 5.76 Å². The third-order valence-electron chi connectivity index (χ3n) is 4.89. The van der Waals surface area contributed by atoms with Gasteiger partial charge in [-0.3, -0.25) is 0 Å². The van der Waals surface area contributed by atoms with E-state index in [0.29, 0.717) is 32.6 Å². The number of benzene rings is 2. The second-order valence-corrected chi connectivity index (χ2v) is 9.89. The lowest BCUT2D eigenvalue weighted by molar-refractivity contribution is 0.0533. The topological polar surface area (TPSA) is 90.4 Å². The lowest BCUT2D eigenvalue weighted by atomic mass is 10.2. The first-order valence-corrected chi connectivity index (χ1v) is 12.6. The first kappa shape index (κ1) is 21.7. The van der Waals surface area contributed by atoms with Crippen LogP contribution in [-0.4, -0.2) is 17.6 Å². The number of rotatable bonds is 6. The molecule has 9 heteroatoms. The first-order valence-electron chi connectivity index (χ1n) is 10.1. The summed E-state index contributed by atoms with van der Waals surface area (Å²) in [6.45, 7) is 2.04. The average Bonchev–Trinajstić information content (AvgIpc) is 3.51. The average molecular weight is 540 g/mol. The molecule has 0 saturated carbocycles. The van der Waals surface area contributed by atoms with Crippen LogP contribution in [-0.2, 0) is 4.74 Å². The van der Waals surface area contributed by atoms with Gasteiger partial charge in [-0.25, -0.2) is 9.78 Å². The van der Waals surface area contributed by atoms with Crippen molar-refractivity contribution in [1.29, 1.82) is 0 Å². The zero-order valence-electron chi connectivity index (χ0n) is 17.4. The number of esters is 1. The van der Waals surface area contributed by atoms with Crippen LogP contribution in [0.4, 0.5) is 16.4 Å². The number of hydrogen-bond acceptors (Lipinski definition) is 8. The normalized spacial score (nSPS) is 11.1. The Labute approximate surface area is 206 Å². The van der Waals surface area contributed by atoms with Crippen LogP contribution in [0.25, 0.3) is 33.0 Å². The number of hydrogen-bond donors (Lipinski definition) is 2. The molecule has 0 aliphatic rings. The number of furan rings is 1. The van der Waals surface area contributed by atoms with E-state index in [1.54, 1.807) is 6.92 Å². The molecule has 5 aromatic rings. The molecule has 0 fully saturated rings. The Bertz CT molecular complexity index is 1460. The van der Waals surface area contributed by atoms with Gasteiger partial charge >= 0.3 is 5.97 Å². The molecule has 0 aliphatic heterocycles. The summed E-state index contributed by atoms with van der Waals surface area (Å²) in [6.07, 6.45) is 0. The Balaban J connectivity index is 1.57. The van der Waals surface area contributed by atoms with E-state index in [1.807, 2.05) is 60.0 Å². The van der Waals surface area contributed by atoms with Gasteiger partial charge in [-0.2, -0.15) is 0 Å². The monoisotopic (exact) mass is 539 g/mol. The number of nitrogens with zero attached hydrogens (tertiary/aromatic N) is 1. The lowest BCUT2D eigenvalue weighted by Gasteiger charge is -2.06. The van der Waals surface area contributed by atoms with Crippen LogP contribution in [0.15, 0.2) is 68.9 Å². The van der Waals surface area contributed by atoms with E-state index in [4.69, 9.17) is 19.9 Å². The summed E-state index contributed by atoms with van der Waals surface area (Å²) in [4.78, 5) is 17.7. The fourth-order valence-electron chi connectivity index (χ4n) is 3.39. The van der Waals surface area contributed by atoms with Gasteiger partial charge in [-0.1, -0.05) is 34.1 Å². The molecule has 0 bridgehead atoms. The number of anilines is 3. The van der Waals surface area contributed by atoms with Crippen molar-refractivity contribution in [3.63, 3.8) is 0 Å². The number of thiophene rings is 1. The Morgan fingerprint density at radius 1 is 1.21 bits per heavy atom. The molecule has 5 rings (SSSR count). The molecule has 0 aliphatic carbocycles. The summed E-state index contributed by atoms with van der Waals surface area (Å²) in [5.41, 5.74) is 9.87. The standard InChI is InChI=1S/C24H18BrN3O3S2/c1-2-30-24(29)21-20(26)19(23(33-21)27-15-6-4-3-5-7-15)22-28-16(12-32-22)18-11-13-10-14(25)8-9-17(13)31-18/h3-12,27H,2,26H2,1H3. The third-order valence-corrected chi connectivity index (χ3v) is 7.34. The van der Waals surface area contributed by atoms with Gasteiger partial charge in [0.25, 0.3) is 0 Å². The Kier molecular flexibility index (Phi) is 5.92. The number of para-hydroxylation sites is 1. The van der Waals surface area contributed by atoms with Crippen molar-refractivity contribution in [1.82, 2.24) is 4.98 Å². The minimum atomic E-state index is -0.443. The summed E-state index contributed by atoms with van der Waals surface area (Å²) >= 11 is 6.19. The number of fused-ring (bicyclic) bond motifs is 1. The highest BCUT2D eigenvalue weighted by atomic mass is 79.9. The predicted molar refractivity (Wildman–Crippen MR) is 138 cm³/mol. The van der Waals surface area contributed by atoms with Gasteiger partial charge in [0.2, 0.25) is 0 Å². The predicted octanol–water partition coefficient (Wildman–Crippen LogP) is 7.55. The minimum Gasteiger partial charge on any atom is -0.462 e. The number of thiazole rings is 1. The van der Waals surface area contributed by atoms with Crippen LogP contribution in [0.3, 0.4) is 0 Å². The van der Waals surface area contributed by atoms with Crippen LogP contribution in [0, 0.1) is 0 Å². The van der Waals surface area contributed by atoms with Gasteiger partial charge < -0.3 is 20.2 Å². The van der Waals surface area contributed by atoms with Crippen molar-refractivity contribution >= 4 is 71.9 Å². The molecular weight excluding hydrogens is 522 g/mol. The molecule has 2 aromatic carbocycles. The highest BCUT2D eigenvalue weighted by molar-refractivity contribution is 9.10. The molecule has 0 unspecified atom stereocenters. The van der Waals surface area contributed by atoms with Gasteiger partial charge in [-0.15, -0.1) is 22.7 Å². The molecule has 0 saturated heterocycles. The van der Waals surface area contributed by atoms with Crippen LogP contribution in [0.5, 0.6) is 0 Å². The van der Waals surface area contributed by atoms with E-state index < -0.39 is 5.97 Å². The largest absolute Gasteiger partial charge is 0.462 e. The molecule has 3 N–H and O–H groups in total. The van der Waals surface area contributed by atoms with Crippen molar-refractivity contribution in [3.05, 3.63) is 69.3 Å². The third kappa shape index (κ3) is 4.27. The Morgan fingerprint density at radius 2 is 2.03 bits per heavy atom. The Morgan fingerprint density at radius 3 is 2.82 bits per heavy atom. The van der Waals surface area contributed by atoms with E-state index >= 15 is 0 Å². The smallest absolute Gasteiger partial charge is 0.350 e. The van der Waals surface area contributed by atoms with Crippen LogP contribution in [0.2, 0.25) is 0 Å². The van der Waals surface area contributed by atoms with Crippen molar-refractivity contribution < 1.29 is 13.9 Å². The van der Waals surface area contributed by atoms with E-state index in [2.05, 4.69) is 21.2 Å². The highest BCUT2D eigenvalue weighted by Gasteiger charge is 2.25. The van der Waals surface area contributed by atoms with Crippen molar-refractivity contribution in [2.24, 2.45) is 0 Å². The molecule has 0 atom stereocenters. The number of nitrogen functional groups attached to an aromatic ring is 1. The fraction of sp³-hybridized carbons (Fsp3) is 0.0833. The van der Waals surface area contributed by atoms with Crippen molar-refractivity contribution in [3.8, 4) is 22.0 Å². The summed E-state index contributed by atoms with van der Waals surface area (Å²) in [7, 11) is 0. The number of nitrogens with one attached hydrogen (secondary N) is 1. The van der Waals surface area contributed by atoms with Crippen LogP contribution < -0.4 is 11.1 Å². The maximum atomic E-state index is 12.5. The fourth-order valence-corrected chi connectivity index (χ4v) is 5.74. The SMILES string of the molecule is CCOC(=O)c1sc(Nc2ccccc2)c(-c2nc(-c3cc4cc(Br)ccc4o3)cs2)c1N. The zero-order valence-corrected chi connectivity index (χ0v) is 20.6.